The molecule has 0 atom stereocenters. The number of fused-ring (bicyclic) bond motifs is 4. The van der Waals surface area contributed by atoms with E-state index in [0.29, 0.717) is 56.1 Å². The summed E-state index contributed by atoms with van der Waals surface area (Å²) in [5.74, 6) is 0. The van der Waals surface area contributed by atoms with E-state index in [0.717, 1.165) is 72.3 Å². The molecule has 12 rings (SSSR count). The molecule has 0 unspecified atom stereocenters. The summed E-state index contributed by atoms with van der Waals surface area (Å²) in [7, 11) is 0. The molecule has 0 fully saturated rings. The average Bonchev–Trinajstić information content (AvgIpc) is 3.67. The van der Waals surface area contributed by atoms with Crippen LogP contribution in [0.25, 0.3) is 55.6 Å². The molecule has 2 aliphatic heterocycles. The van der Waals surface area contributed by atoms with Gasteiger partial charge in [0.05, 0.1) is 45.0 Å². The Kier molecular flexibility index (Phi) is 12.2. The predicted molar refractivity (Wildman–Crippen MR) is 324 cm³/mol. The van der Waals surface area contributed by atoms with Gasteiger partial charge in [-0.3, -0.25) is 0 Å². The van der Waals surface area contributed by atoms with Gasteiger partial charge in [0, 0.05) is 16.9 Å². The van der Waals surface area contributed by atoms with Gasteiger partial charge in [-0.2, -0.15) is 21.0 Å². The quantitative estimate of drug-likeness (QED) is 0.147. The molecule has 0 bridgehead atoms. The Bertz CT molecular complexity index is 3950. The summed E-state index contributed by atoms with van der Waals surface area (Å²) in [5.41, 5.74) is 18.9. The van der Waals surface area contributed by atoms with Crippen LogP contribution in [-0.2, 0) is 10.8 Å². The van der Waals surface area contributed by atoms with Gasteiger partial charge in [-0.05, 0) is 125 Å². The minimum absolute atomic E-state index is 0.00420. The molecular formula is C72H53BN6. The van der Waals surface area contributed by atoms with Crippen LogP contribution in [0.5, 0.6) is 0 Å². The molecule has 7 heteroatoms. The van der Waals surface area contributed by atoms with Crippen LogP contribution >= 0.6 is 0 Å². The maximum absolute atomic E-state index is 12.0. The summed E-state index contributed by atoms with van der Waals surface area (Å²) < 4.78 is 0. The minimum Gasteiger partial charge on any atom is -0.309 e. The number of nitrogens with zero attached hydrogens (tertiary/aromatic N) is 6. The maximum Gasteiger partial charge on any atom is 0.252 e. The minimum atomic E-state index is -0.681. The van der Waals surface area contributed by atoms with Gasteiger partial charge in [0.15, 0.2) is 0 Å². The highest BCUT2D eigenvalue weighted by Gasteiger charge is 2.49. The summed E-state index contributed by atoms with van der Waals surface area (Å²) in [6.45, 7) is 12.6. The van der Waals surface area contributed by atoms with Gasteiger partial charge in [-0.25, -0.2) is 0 Å². The highest BCUT2D eigenvalue weighted by Crippen LogP contribution is 2.52. The molecule has 0 spiro atoms. The van der Waals surface area contributed by atoms with Crippen molar-refractivity contribution >= 4 is 57.2 Å². The van der Waals surface area contributed by atoms with E-state index in [1.54, 1.807) is 0 Å². The first-order valence-electron chi connectivity index (χ1n) is 26.7. The number of anilines is 6. The van der Waals surface area contributed by atoms with Crippen LogP contribution in [0, 0.1) is 45.3 Å². The van der Waals surface area contributed by atoms with Crippen molar-refractivity contribution in [1.82, 2.24) is 0 Å². The smallest absolute Gasteiger partial charge is 0.252 e. The molecule has 2 aliphatic rings. The Balaban J connectivity index is 1.21. The van der Waals surface area contributed by atoms with Crippen LogP contribution in [0.15, 0.2) is 212 Å². The fourth-order valence-electron chi connectivity index (χ4n) is 11.8. The summed E-state index contributed by atoms with van der Waals surface area (Å²) in [6, 6.07) is 82.7. The lowest BCUT2D eigenvalue weighted by Crippen LogP contribution is -2.62. The van der Waals surface area contributed by atoms with Crippen molar-refractivity contribution in [2.24, 2.45) is 0 Å². The van der Waals surface area contributed by atoms with Crippen LogP contribution in [0.4, 0.5) is 34.1 Å². The summed E-state index contributed by atoms with van der Waals surface area (Å²) in [5, 5.41) is 47.1. The molecule has 0 amide bonds. The van der Waals surface area contributed by atoms with Crippen molar-refractivity contribution in [3.8, 4) is 79.9 Å². The molecule has 2 heterocycles. The van der Waals surface area contributed by atoms with Crippen LogP contribution in [0.2, 0.25) is 0 Å². The van der Waals surface area contributed by atoms with Gasteiger partial charge in [-0.1, -0.05) is 217 Å². The lowest BCUT2D eigenvalue weighted by atomic mass is 9.32. The molecule has 0 aromatic heterocycles. The molecule has 79 heavy (non-hydrogen) atoms. The molecule has 10 aromatic rings. The number of hydrogen-bond donors (Lipinski definition) is 0. The van der Waals surface area contributed by atoms with E-state index in [4.69, 9.17) is 0 Å². The molecule has 10 aromatic carbocycles. The van der Waals surface area contributed by atoms with Crippen molar-refractivity contribution < 1.29 is 0 Å². The summed E-state index contributed by atoms with van der Waals surface area (Å²) >= 11 is 0. The molecule has 0 radical (unpaired) electrons. The van der Waals surface area contributed by atoms with Gasteiger partial charge >= 0.3 is 0 Å². The fourth-order valence-corrected chi connectivity index (χ4v) is 11.8. The first-order chi connectivity index (χ1) is 38.3. The van der Waals surface area contributed by atoms with E-state index < -0.39 is 6.71 Å². The Morgan fingerprint density at radius 2 is 0.646 bits per heavy atom. The second-order valence-electron chi connectivity index (χ2n) is 22.6. The molecular weight excluding hydrogens is 960 g/mol. The van der Waals surface area contributed by atoms with Crippen LogP contribution in [0.1, 0.15) is 74.9 Å². The van der Waals surface area contributed by atoms with Gasteiger partial charge < -0.3 is 9.80 Å². The SMILES string of the molecule is CC(C)(C)c1ccc(-c2ccc(N3c4c(C#N)cc(-c5ccccc5)cc4B4c5cc(-c6ccccc6)cc(C#N)c5N(c5ccc(-c6ccc(C(C)(C)C)cc6)cc5)c5c(C#N)c(-c6ccccc6)c(C#N)c3c54)cc2)cc1. The standard InChI is InChI=1S/C72H53BN6/c1-71(2,3)57-30-22-48(23-31-57)50-26-34-59(35-27-50)78-67-55(42-74)38-53(46-16-10-7-11-17-46)40-63(67)73-64-41-54(47-18-12-8-13-19-47)39-56(43-75)68(64)79(60-36-28-51(29-37-60)49-24-32-58(33-25-49)72(4,5)6)70-62(45-77)65(52-20-14-9-15-21-52)61(44-76)69(78)66(70)73/h7-41H,1-6H3. The van der Waals surface area contributed by atoms with Crippen molar-refractivity contribution in [1.29, 1.82) is 21.0 Å². The normalized spacial score (nSPS) is 12.3. The highest BCUT2D eigenvalue weighted by atomic mass is 15.2. The highest BCUT2D eigenvalue weighted by molar-refractivity contribution is 7.00. The topological polar surface area (TPSA) is 102 Å². The van der Waals surface area contributed by atoms with E-state index in [-0.39, 0.29) is 10.8 Å². The third-order valence-corrected chi connectivity index (χ3v) is 15.7. The first-order valence-corrected chi connectivity index (χ1v) is 26.7. The second kappa shape index (κ2) is 19.4. The van der Waals surface area contributed by atoms with Crippen LogP contribution < -0.4 is 26.2 Å². The van der Waals surface area contributed by atoms with Crippen molar-refractivity contribution in [3.63, 3.8) is 0 Å². The zero-order chi connectivity index (χ0) is 54.7. The van der Waals surface area contributed by atoms with Gasteiger partial charge in [0.2, 0.25) is 0 Å². The van der Waals surface area contributed by atoms with E-state index >= 15 is 0 Å². The first kappa shape index (κ1) is 49.7. The van der Waals surface area contributed by atoms with Crippen LogP contribution in [-0.4, -0.2) is 6.71 Å². The molecule has 0 saturated heterocycles. The van der Waals surface area contributed by atoms with E-state index in [1.807, 2.05) is 103 Å². The predicted octanol–water partition coefficient (Wildman–Crippen LogP) is 16.2. The van der Waals surface area contributed by atoms with Crippen LogP contribution in [0.3, 0.4) is 0 Å². The number of hydrogen-bond acceptors (Lipinski definition) is 6. The van der Waals surface area contributed by atoms with Crippen molar-refractivity contribution in [3.05, 3.63) is 246 Å². The maximum atomic E-state index is 12.0. The van der Waals surface area contributed by atoms with E-state index in [9.17, 15) is 21.0 Å². The average molecular weight is 1010 g/mol. The Labute approximate surface area is 463 Å². The van der Waals surface area contributed by atoms with Gasteiger partial charge in [0.25, 0.3) is 6.71 Å². The monoisotopic (exact) mass is 1010 g/mol. The second-order valence-corrected chi connectivity index (χ2v) is 22.6. The van der Waals surface area contributed by atoms with Gasteiger partial charge in [-0.15, -0.1) is 0 Å². The fraction of sp³-hybridized carbons (Fsp3) is 0.111. The zero-order valence-corrected chi connectivity index (χ0v) is 45.0. The number of benzene rings is 10. The lowest BCUT2D eigenvalue weighted by molar-refractivity contribution is 0.590. The largest absolute Gasteiger partial charge is 0.309 e. The number of nitriles is 4. The third-order valence-electron chi connectivity index (χ3n) is 15.7. The molecule has 0 saturated carbocycles. The molecule has 0 aliphatic carbocycles. The Morgan fingerprint density at radius 3 is 0.962 bits per heavy atom. The van der Waals surface area contributed by atoms with Gasteiger partial charge in [0.1, 0.15) is 24.3 Å². The summed E-state index contributed by atoms with van der Waals surface area (Å²) in [6.07, 6.45) is 0. The Hall–Kier alpha value is -10.2. The molecule has 374 valence electrons. The van der Waals surface area contributed by atoms with E-state index in [1.165, 1.54) is 11.1 Å². The van der Waals surface area contributed by atoms with Crippen molar-refractivity contribution in [2.75, 3.05) is 9.80 Å². The lowest BCUT2D eigenvalue weighted by Gasteiger charge is -2.46. The molecule has 0 N–H and O–H groups in total. The zero-order valence-electron chi connectivity index (χ0n) is 45.0. The van der Waals surface area contributed by atoms with E-state index in [2.05, 4.69) is 185 Å². The van der Waals surface area contributed by atoms with Crippen molar-refractivity contribution in [2.45, 2.75) is 52.4 Å². The molecule has 6 nitrogen and oxygen atoms in total. The number of rotatable bonds is 7. The summed E-state index contributed by atoms with van der Waals surface area (Å²) in [4.78, 5) is 4.19. The Morgan fingerprint density at radius 1 is 0.329 bits per heavy atom. The third kappa shape index (κ3) is 8.51.